The number of carbonyl (C=O) groups excluding carboxylic acids is 1. The van der Waals surface area contributed by atoms with Gasteiger partial charge in [-0.05, 0) is 49.8 Å². The number of amides is 1. The molecule has 30 heavy (non-hydrogen) atoms. The minimum absolute atomic E-state index is 0.0192. The van der Waals surface area contributed by atoms with Crippen LogP contribution in [0.2, 0.25) is 0 Å². The number of likely N-dealkylation sites (tertiary alicyclic amines) is 1. The van der Waals surface area contributed by atoms with Gasteiger partial charge in [-0.3, -0.25) is 9.78 Å². The average Bonchev–Trinajstić information content (AvgIpc) is 2.80. The number of rotatable bonds is 6. The van der Waals surface area contributed by atoms with E-state index in [9.17, 15) is 10.0 Å². The molecule has 1 amide bonds. The lowest BCUT2D eigenvalue weighted by atomic mass is 9.90. The largest absolute Gasteiger partial charge is 0.619 e. The Labute approximate surface area is 179 Å². The summed E-state index contributed by atoms with van der Waals surface area (Å²) in [4.78, 5) is 22.1. The van der Waals surface area contributed by atoms with Crippen LogP contribution in [-0.2, 0) is 6.54 Å². The summed E-state index contributed by atoms with van der Waals surface area (Å²) < 4.78 is 0.714. The second kappa shape index (κ2) is 10.0. The molecule has 0 aromatic carbocycles. The van der Waals surface area contributed by atoms with Gasteiger partial charge < -0.3 is 15.0 Å². The highest BCUT2D eigenvalue weighted by molar-refractivity contribution is 5.93. The van der Waals surface area contributed by atoms with Gasteiger partial charge in [-0.1, -0.05) is 25.3 Å². The van der Waals surface area contributed by atoms with Gasteiger partial charge in [0.1, 0.15) is 0 Å². The fraction of sp³-hybridized carbons (Fsp3) is 0.542. The highest BCUT2D eigenvalue weighted by atomic mass is 16.5. The molecule has 0 radical (unpaired) electrons. The van der Waals surface area contributed by atoms with Crippen molar-refractivity contribution in [2.24, 2.45) is 5.92 Å². The zero-order valence-electron chi connectivity index (χ0n) is 17.7. The van der Waals surface area contributed by atoms with Crippen molar-refractivity contribution in [3.63, 3.8) is 0 Å². The fourth-order valence-electron chi connectivity index (χ4n) is 5.01. The molecule has 1 saturated carbocycles. The lowest BCUT2D eigenvalue weighted by Crippen LogP contribution is -2.47. The SMILES string of the molecule is O=C(c1cc[n+]([O-])cc1)N(Cc1cccnc1)C[C@H]1CCCN(C2CCCCC2)C1. The van der Waals surface area contributed by atoms with Crippen molar-refractivity contribution in [1.29, 1.82) is 0 Å². The summed E-state index contributed by atoms with van der Waals surface area (Å²) in [5.41, 5.74) is 1.59. The first-order valence-electron chi connectivity index (χ1n) is 11.3. The number of hydrogen-bond donors (Lipinski definition) is 0. The quantitative estimate of drug-likeness (QED) is 0.543. The smallest absolute Gasteiger partial charge is 0.254 e. The summed E-state index contributed by atoms with van der Waals surface area (Å²) in [5.74, 6) is 0.462. The Bertz CT molecular complexity index is 806. The Morgan fingerprint density at radius 1 is 1.13 bits per heavy atom. The van der Waals surface area contributed by atoms with Gasteiger partial charge in [-0.15, -0.1) is 0 Å². The van der Waals surface area contributed by atoms with E-state index >= 15 is 0 Å². The van der Waals surface area contributed by atoms with E-state index in [1.165, 1.54) is 57.5 Å². The van der Waals surface area contributed by atoms with Gasteiger partial charge >= 0.3 is 0 Å². The first kappa shape index (κ1) is 20.8. The Morgan fingerprint density at radius 2 is 1.93 bits per heavy atom. The molecule has 0 spiro atoms. The highest BCUT2D eigenvalue weighted by Gasteiger charge is 2.29. The van der Waals surface area contributed by atoms with E-state index in [2.05, 4.69) is 9.88 Å². The van der Waals surface area contributed by atoms with E-state index in [4.69, 9.17) is 0 Å². The molecule has 2 aromatic heterocycles. The molecule has 1 atom stereocenters. The van der Waals surface area contributed by atoms with E-state index in [-0.39, 0.29) is 5.91 Å². The molecule has 2 aromatic rings. The van der Waals surface area contributed by atoms with Gasteiger partial charge in [0.2, 0.25) is 0 Å². The lowest BCUT2D eigenvalue weighted by molar-refractivity contribution is -0.605. The van der Waals surface area contributed by atoms with Crippen molar-refractivity contribution in [2.45, 2.75) is 57.5 Å². The van der Waals surface area contributed by atoms with E-state index in [1.54, 1.807) is 18.3 Å². The molecule has 3 heterocycles. The molecule has 1 aliphatic carbocycles. The Balaban J connectivity index is 1.47. The topological polar surface area (TPSA) is 63.4 Å². The zero-order chi connectivity index (χ0) is 20.8. The highest BCUT2D eigenvalue weighted by Crippen LogP contribution is 2.28. The molecule has 0 unspecified atom stereocenters. The number of aromatic nitrogens is 2. The Hall–Kier alpha value is -2.47. The van der Waals surface area contributed by atoms with E-state index in [1.807, 2.05) is 23.2 Å². The predicted molar refractivity (Wildman–Crippen MR) is 116 cm³/mol. The van der Waals surface area contributed by atoms with Crippen molar-refractivity contribution in [3.05, 3.63) is 65.4 Å². The minimum Gasteiger partial charge on any atom is -0.619 e. The Kier molecular flexibility index (Phi) is 6.95. The van der Waals surface area contributed by atoms with Crippen LogP contribution in [0.1, 0.15) is 60.9 Å². The molecule has 2 aliphatic rings. The molecule has 1 saturated heterocycles. The van der Waals surface area contributed by atoms with Crippen LogP contribution in [0.5, 0.6) is 0 Å². The average molecular weight is 409 g/mol. The van der Waals surface area contributed by atoms with E-state index in [0.717, 1.165) is 31.1 Å². The van der Waals surface area contributed by atoms with Gasteiger partial charge in [0.05, 0.1) is 5.56 Å². The molecule has 0 bridgehead atoms. The van der Waals surface area contributed by atoms with Crippen molar-refractivity contribution < 1.29 is 9.52 Å². The minimum atomic E-state index is -0.0192. The van der Waals surface area contributed by atoms with Crippen LogP contribution in [0.15, 0.2) is 49.1 Å². The van der Waals surface area contributed by atoms with Crippen molar-refractivity contribution in [1.82, 2.24) is 14.8 Å². The first-order valence-corrected chi connectivity index (χ1v) is 11.3. The summed E-state index contributed by atoms with van der Waals surface area (Å²) in [5, 5.41) is 11.4. The van der Waals surface area contributed by atoms with Gasteiger partial charge in [0.25, 0.3) is 5.91 Å². The molecule has 6 nitrogen and oxygen atoms in total. The van der Waals surface area contributed by atoms with Crippen molar-refractivity contribution in [2.75, 3.05) is 19.6 Å². The maximum atomic E-state index is 13.3. The van der Waals surface area contributed by atoms with Crippen molar-refractivity contribution >= 4 is 5.91 Å². The molecule has 1 aliphatic heterocycles. The molecule has 2 fully saturated rings. The number of carbonyl (C=O) groups is 1. The number of nitrogens with zero attached hydrogens (tertiary/aromatic N) is 4. The van der Waals surface area contributed by atoms with E-state index < -0.39 is 0 Å². The second-order valence-corrected chi connectivity index (χ2v) is 8.79. The lowest BCUT2D eigenvalue weighted by Gasteiger charge is -2.41. The predicted octanol–water partition coefficient (Wildman–Crippen LogP) is 3.40. The van der Waals surface area contributed by atoms with Gasteiger partial charge in [0, 0.05) is 50.2 Å². The summed E-state index contributed by atoms with van der Waals surface area (Å²) in [6, 6.07) is 7.87. The molecular formula is C24H32N4O2. The molecule has 4 rings (SSSR count). The number of piperidine rings is 1. The summed E-state index contributed by atoms with van der Waals surface area (Å²) in [6.07, 6.45) is 15.5. The number of pyridine rings is 2. The van der Waals surface area contributed by atoms with E-state index in [0.29, 0.717) is 22.8 Å². The molecule has 160 valence electrons. The first-order chi connectivity index (χ1) is 14.7. The summed E-state index contributed by atoms with van der Waals surface area (Å²) in [6.45, 7) is 3.55. The van der Waals surface area contributed by atoms with Crippen LogP contribution in [0, 0.1) is 11.1 Å². The van der Waals surface area contributed by atoms with Crippen LogP contribution >= 0.6 is 0 Å². The fourth-order valence-corrected chi connectivity index (χ4v) is 5.01. The number of hydrogen-bond acceptors (Lipinski definition) is 4. The van der Waals surface area contributed by atoms with Gasteiger partial charge in [-0.2, -0.15) is 4.73 Å². The third-order valence-corrected chi connectivity index (χ3v) is 6.55. The van der Waals surface area contributed by atoms with Crippen LogP contribution in [-0.4, -0.2) is 46.4 Å². The van der Waals surface area contributed by atoms with Crippen LogP contribution < -0.4 is 4.73 Å². The van der Waals surface area contributed by atoms with Crippen LogP contribution in [0.3, 0.4) is 0 Å². The van der Waals surface area contributed by atoms with Crippen molar-refractivity contribution in [3.8, 4) is 0 Å². The summed E-state index contributed by atoms with van der Waals surface area (Å²) >= 11 is 0. The second-order valence-electron chi connectivity index (χ2n) is 8.79. The van der Waals surface area contributed by atoms with Crippen LogP contribution in [0.4, 0.5) is 0 Å². The zero-order valence-corrected chi connectivity index (χ0v) is 17.7. The molecular weight excluding hydrogens is 376 g/mol. The third kappa shape index (κ3) is 5.36. The standard InChI is InChI=1S/C24H32N4O2/c29-24(22-10-14-28(30)15-11-22)27(17-20-6-4-12-25-16-20)19-21-7-5-13-26(18-21)23-8-2-1-3-9-23/h4,6,10-12,14-16,21,23H,1-3,5,7-9,13,17-19H2/t21-/m0/s1. The third-order valence-electron chi connectivity index (χ3n) is 6.55. The molecule has 0 N–H and O–H groups in total. The maximum absolute atomic E-state index is 13.3. The maximum Gasteiger partial charge on any atom is 0.254 e. The monoisotopic (exact) mass is 408 g/mol. The Morgan fingerprint density at radius 3 is 2.67 bits per heavy atom. The summed E-state index contributed by atoms with van der Waals surface area (Å²) in [7, 11) is 0. The van der Waals surface area contributed by atoms with Gasteiger partial charge in [-0.25, -0.2) is 0 Å². The molecule has 6 heteroatoms. The van der Waals surface area contributed by atoms with Crippen LogP contribution in [0.25, 0.3) is 0 Å². The normalized spacial score (nSPS) is 20.7. The van der Waals surface area contributed by atoms with Gasteiger partial charge in [0.15, 0.2) is 12.4 Å².